The monoisotopic (exact) mass is 312 g/mol. The first-order valence-electron chi connectivity index (χ1n) is 7.54. The molecule has 4 heterocycles. The number of nitrogens with one attached hydrogen (secondary N) is 2. The van der Waals surface area contributed by atoms with Gasteiger partial charge in [0.1, 0.15) is 0 Å². The van der Waals surface area contributed by atoms with Crippen molar-refractivity contribution in [1.82, 2.24) is 35.6 Å². The highest BCUT2D eigenvalue weighted by Gasteiger charge is 2.17. The van der Waals surface area contributed by atoms with Crippen molar-refractivity contribution in [2.75, 3.05) is 18.0 Å². The number of hydrogen-bond acceptors (Lipinski definition) is 6. The van der Waals surface area contributed by atoms with Gasteiger partial charge in [0, 0.05) is 25.0 Å². The third-order valence-electron chi connectivity index (χ3n) is 4.02. The van der Waals surface area contributed by atoms with E-state index in [2.05, 4.69) is 35.9 Å². The van der Waals surface area contributed by atoms with Gasteiger partial charge in [-0.25, -0.2) is 4.52 Å². The number of tetrazole rings is 1. The summed E-state index contributed by atoms with van der Waals surface area (Å²) in [5.41, 5.74) is 2.46. The molecule has 0 radical (unpaired) electrons. The Hall–Kier alpha value is -2.97. The number of carbonyl (C=O) groups excluding carboxylic acids is 1. The third kappa shape index (κ3) is 2.60. The van der Waals surface area contributed by atoms with Gasteiger partial charge in [-0.15, -0.1) is 10.2 Å². The van der Waals surface area contributed by atoms with E-state index in [9.17, 15) is 4.79 Å². The van der Waals surface area contributed by atoms with Crippen molar-refractivity contribution in [2.45, 2.75) is 19.4 Å². The number of nitrogens with zero attached hydrogens (tertiary/aromatic N) is 6. The number of amides is 1. The molecule has 9 nitrogen and oxygen atoms in total. The molecule has 0 atom stereocenters. The van der Waals surface area contributed by atoms with Crippen molar-refractivity contribution in [3.8, 4) is 0 Å². The maximum Gasteiger partial charge on any atom is 0.255 e. The molecule has 1 saturated heterocycles. The molecule has 1 aliphatic rings. The van der Waals surface area contributed by atoms with Gasteiger partial charge in [0.2, 0.25) is 0 Å². The van der Waals surface area contributed by atoms with Crippen molar-refractivity contribution in [3.63, 3.8) is 0 Å². The van der Waals surface area contributed by atoms with Crippen molar-refractivity contribution < 1.29 is 4.79 Å². The molecular formula is C14H16N8O. The maximum atomic E-state index is 12.4. The molecule has 1 amide bonds. The van der Waals surface area contributed by atoms with Crippen LogP contribution in [0.25, 0.3) is 5.52 Å². The second-order valence-electron chi connectivity index (χ2n) is 5.48. The lowest BCUT2D eigenvalue weighted by atomic mass is 10.2. The Labute approximate surface area is 131 Å². The predicted molar refractivity (Wildman–Crippen MR) is 82.0 cm³/mol. The summed E-state index contributed by atoms with van der Waals surface area (Å²) in [6.45, 7) is 2.34. The SMILES string of the molecule is O=C(NCc1nn[nH]n1)c1cnn2ccc(N3CCCC3)cc12. The largest absolute Gasteiger partial charge is 0.371 e. The molecule has 0 aliphatic carbocycles. The zero-order chi connectivity index (χ0) is 15.6. The van der Waals surface area contributed by atoms with Gasteiger partial charge in [-0.1, -0.05) is 5.21 Å². The van der Waals surface area contributed by atoms with Gasteiger partial charge in [-0.2, -0.15) is 10.3 Å². The van der Waals surface area contributed by atoms with E-state index in [-0.39, 0.29) is 12.5 Å². The van der Waals surface area contributed by atoms with Gasteiger partial charge >= 0.3 is 0 Å². The minimum Gasteiger partial charge on any atom is -0.371 e. The molecule has 0 aromatic carbocycles. The second kappa shape index (κ2) is 5.67. The van der Waals surface area contributed by atoms with E-state index in [1.807, 2.05) is 18.3 Å². The van der Waals surface area contributed by atoms with Gasteiger partial charge in [-0.05, 0) is 25.0 Å². The van der Waals surface area contributed by atoms with Crippen LogP contribution in [0.1, 0.15) is 29.0 Å². The number of pyridine rings is 1. The smallest absolute Gasteiger partial charge is 0.255 e. The number of carbonyl (C=O) groups is 1. The van der Waals surface area contributed by atoms with Crippen LogP contribution in [0.2, 0.25) is 0 Å². The van der Waals surface area contributed by atoms with E-state index in [0.717, 1.165) is 24.3 Å². The zero-order valence-electron chi connectivity index (χ0n) is 12.4. The standard InChI is InChI=1S/C14H16N8O/c23-14(15-9-13-17-19-20-18-13)11-8-16-22-6-3-10(7-12(11)22)21-4-1-2-5-21/h3,6-8H,1-2,4-5,9H2,(H,15,23)(H,17,18,19,20). The zero-order valence-corrected chi connectivity index (χ0v) is 12.4. The lowest BCUT2D eigenvalue weighted by Crippen LogP contribution is -2.23. The van der Waals surface area contributed by atoms with Gasteiger partial charge in [-0.3, -0.25) is 4.79 Å². The molecule has 0 saturated carbocycles. The van der Waals surface area contributed by atoms with Crippen LogP contribution in [0.15, 0.2) is 24.5 Å². The Balaban J connectivity index is 1.58. The quantitative estimate of drug-likeness (QED) is 0.721. The Kier molecular flexibility index (Phi) is 3.37. The summed E-state index contributed by atoms with van der Waals surface area (Å²) in [5, 5.41) is 20.4. The molecule has 0 bridgehead atoms. The molecular weight excluding hydrogens is 296 g/mol. The van der Waals surface area contributed by atoms with Crippen LogP contribution in [0.4, 0.5) is 5.69 Å². The fourth-order valence-electron chi connectivity index (χ4n) is 2.83. The highest BCUT2D eigenvalue weighted by atomic mass is 16.1. The summed E-state index contributed by atoms with van der Waals surface area (Å²) in [5.74, 6) is 0.232. The average molecular weight is 312 g/mol. The highest BCUT2D eigenvalue weighted by molar-refractivity contribution is 6.00. The molecule has 2 N–H and O–H groups in total. The lowest BCUT2D eigenvalue weighted by molar-refractivity contribution is 0.0951. The van der Waals surface area contributed by atoms with Gasteiger partial charge in [0.15, 0.2) is 5.82 Å². The van der Waals surface area contributed by atoms with Crippen LogP contribution in [0.5, 0.6) is 0 Å². The second-order valence-corrected chi connectivity index (χ2v) is 5.48. The summed E-state index contributed by atoms with van der Waals surface area (Å²) in [6, 6.07) is 4.05. The Morgan fingerprint density at radius 3 is 3.00 bits per heavy atom. The number of H-pyrrole nitrogens is 1. The van der Waals surface area contributed by atoms with Crippen molar-refractivity contribution in [3.05, 3.63) is 35.9 Å². The van der Waals surface area contributed by atoms with Crippen LogP contribution in [0, 0.1) is 0 Å². The first-order valence-corrected chi connectivity index (χ1v) is 7.54. The summed E-state index contributed by atoms with van der Waals surface area (Å²) in [6.07, 6.45) is 5.89. The molecule has 3 aromatic heterocycles. The number of hydrogen-bond donors (Lipinski definition) is 2. The Morgan fingerprint density at radius 2 is 2.22 bits per heavy atom. The van der Waals surface area contributed by atoms with Crippen molar-refractivity contribution in [1.29, 1.82) is 0 Å². The molecule has 4 rings (SSSR count). The first-order chi connectivity index (χ1) is 11.3. The molecule has 9 heteroatoms. The fourth-order valence-corrected chi connectivity index (χ4v) is 2.83. The maximum absolute atomic E-state index is 12.4. The highest BCUT2D eigenvalue weighted by Crippen LogP contribution is 2.23. The number of fused-ring (bicyclic) bond motifs is 1. The minimum absolute atomic E-state index is 0.205. The Morgan fingerprint density at radius 1 is 1.35 bits per heavy atom. The van der Waals surface area contributed by atoms with Crippen molar-refractivity contribution in [2.24, 2.45) is 0 Å². The van der Waals surface area contributed by atoms with E-state index in [1.165, 1.54) is 12.8 Å². The molecule has 0 spiro atoms. The lowest BCUT2D eigenvalue weighted by Gasteiger charge is -2.17. The van der Waals surface area contributed by atoms with E-state index in [4.69, 9.17) is 0 Å². The average Bonchev–Trinajstić information content (AvgIpc) is 3.32. The molecule has 3 aromatic rings. The van der Waals surface area contributed by atoms with E-state index < -0.39 is 0 Å². The van der Waals surface area contributed by atoms with Crippen molar-refractivity contribution >= 4 is 17.1 Å². The van der Waals surface area contributed by atoms with Crippen LogP contribution < -0.4 is 10.2 Å². The summed E-state index contributed by atoms with van der Waals surface area (Å²) < 4.78 is 1.71. The summed E-state index contributed by atoms with van der Waals surface area (Å²) in [7, 11) is 0. The molecule has 0 unspecified atom stereocenters. The van der Waals surface area contributed by atoms with Gasteiger partial charge in [0.05, 0.1) is 23.8 Å². The molecule has 1 fully saturated rings. The van der Waals surface area contributed by atoms with E-state index in [0.29, 0.717) is 11.4 Å². The normalized spacial score (nSPS) is 14.5. The number of aromatic nitrogens is 6. The molecule has 118 valence electrons. The van der Waals surface area contributed by atoms with Crippen LogP contribution in [-0.2, 0) is 6.54 Å². The third-order valence-corrected chi connectivity index (χ3v) is 4.02. The predicted octanol–water partition coefficient (Wildman–Crippen LogP) is 0.378. The first kappa shape index (κ1) is 13.7. The molecule has 1 aliphatic heterocycles. The Bertz CT molecular complexity index is 819. The van der Waals surface area contributed by atoms with Gasteiger partial charge in [0.25, 0.3) is 5.91 Å². The summed E-state index contributed by atoms with van der Waals surface area (Å²) >= 11 is 0. The van der Waals surface area contributed by atoms with Crippen LogP contribution in [0.3, 0.4) is 0 Å². The number of rotatable bonds is 4. The van der Waals surface area contributed by atoms with Gasteiger partial charge < -0.3 is 10.2 Å². The van der Waals surface area contributed by atoms with Crippen LogP contribution in [-0.4, -0.2) is 49.2 Å². The van der Waals surface area contributed by atoms with E-state index >= 15 is 0 Å². The minimum atomic E-state index is -0.205. The number of aromatic amines is 1. The topological polar surface area (TPSA) is 104 Å². The number of anilines is 1. The van der Waals surface area contributed by atoms with E-state index in [1.54, 1.807) is 10.7 Å². The fraction of sp³-hybridized carbons (Fsp3) is 0.357. The van der Waals surface area contributed by atoms with Crippen LogP contribution >= 0.6 is 0 Å². The summed E-state index contributed by atoms with van der Waals surface area (Å²) in [4.78, 5) is 14.7. The molecule has 23 heavy (non-hydrogen) atoms.